The molecule has 0 bridgehead atoms. The Morgan fingerprint density at radius 3 is 1.59 bits per heavy atom. The van der Waals surface area contributed by atoms with Gasteiger partial charge in [0.2, 0.25) is 0 Å². The van der Waals surface area contributed by atoms with Crippen LogP contribution in [-0.2, 0) is 0 Å². The van der Waals surface area contributed by atoms with Gasteiger partial charge in [-0.1, -0.05) is 30.3 Å². The number of nitrogens with zero attached hydrogens (tertiary/aromatic N) is 8. The fraction of sp³-hybridized carbons (Fsp3) is 0. The van der Waals surface area contributed by atoms with E-state index in [2.05, 4.69) is 61.6 Å². The summed E-state index contributed by atoms with van der Waals surface area (Å²) in [5.74, 6) is 0. The molecule has 0 spiro atoms. The molecule has 8 aromatic heterocycles. The van der Waals surface area contributed by atoms with Crippen molar-refractivity contribution in [2.75, 3.05) is 0 Å². The van der Waals surface area contributed by atoms with Gasteiger partial charge in [0, 0.05) is 35.6 Å². The molecule has 0 saturated heterocycles. The summed E-state index contributed by atoms with van der Waals surface area (Å²) < 4.78 is 4.49. The molecule has 9 aromatic rings. The van der Waals surface area contributed by atoms with Gasteiger partial charge in [0.25, 0.3) is 0 Å². The summed E-state index contributed by atoms with van der Waals surface area (Å²) in [5, 5.41) is 2.16. The van der Waals surface area contributed by atoms with Crippen LogP contribution in [0.25, 0.3) is 78.0 Å². The first-order chi connectivity index (χ1) is 21.8. The lowest BCUT2D eigenvalue weighted by Crippen LogP contribution is -2.00. The first kappa shape index (κ1) is 24.3. The third-order valence-corrected chi connectivity index (χ3v) is 8.03. The van der Waals surface area contributed by atoms with Crippen molar-refractivity contribution in [2.24, 2.45) is 0 Å². The molecule has 0 atom stereocenters. The Bertz CT molecular complexity index is 2290. The fourth-order valence-electron chi connectivity index (χ4n) is 6.10. The van der Waals surface area contributed by atoms with Crippen LogP contribution in [0.3, 0.4) is 0 Å². The zero-order valence-corrected chi connectivity index (χ0v) is 23.3. The van der Waals surface area contributed by atoms with E-state index in [0.29, 0.717) is 0 Å². The molecule has 0 saturated carbocycles. The maximum atomic E-state index is 5.01. The second-order valence-corrected chi connectivity index (χ2v) is 10.5. The molecule has 206 valence electrons. The van der Waals surface area contributed by atoms with Crippen molar-refractivity contribution in [3.8, 4) is 34.2 Å². The third-order valence-electron chi connectivity index (χ3n) is 8.03. The normalized spacial score (nSPS) is 11.6. The van der Waals surface area contributed by atoms with Gasteiger partial charge in [0.15, 0.2) is 0 Å². The number of hydrogen-bond donors (Lipinski definition) is 0. The fourth-order valence-corrected chi connectivity index (χ4v) is 6.10. The van der Waals surface area contributed by atoms with E-state index in [1.807, 2.05) is 79.4 Å². The topological polar surface area (TPSA) is 87.2 Å². The van der Waals surface area contributed by atoms with Crippen molar-refractivity contribution >= 4 is 43.9 Å². The highest BCUT2D eigenvalue weighted by atomic mass is 15.1. The lowest BCUT2D eigenvalue weighted by atomic mass is 10.2. The second-order valence-electron chi connectivity index (χ2n) is 10.5. The minimum absolute atomic E-state index is 0.810. The Labute approximate surface area is 251 Å². The van der Waals surface area contributed by atoms with Crippen LogP contribution in [0.4, 0.5) is 0 Å². The van der Waals surface area contributed by atoms with E-state index in [0.717, 1.165) is 78.0 Å². The highest BCUT2D eigenvalue weighted by molar-refractivity contribution is 6.21. The van der Waals surface area contributed by atoms with Crippen LogP contribution in [-0.4, -0.2) is 39.0 Å². The van der Waals surface area contributed by atoms with Crippen LogP contribution in [0, 0.1) is 0 Å². The number of para-hydroxylation sites is 1. The van der Waals surface area contributed by atoms with E-state index < -0.39 is 0 Å². The van der Waals surface area contributed by atoms with E-state index in [1.54, 1.807) is 12.4 Å². The van der Waals surface area contributed by atoms with Crippen LogP contribution in [0.5, 0.6) is 0 Å². The molecule has 1 aromatic carbocycles. The highest BCUT2D eigenvalue weighted by Crippen LogP contribution is 2.40. The Kier molecular flexibility index (Phi) is 5.33. The number of aromatic nitrogens is 8. The van der Waals surface area contributed by atoms with Crippen molar-refractivity contribution in [1.29, 1.82) is 0 Å². The Balaban J connectivity index is 1.35. The monoisotopic (exact) mass is 566 g/mol. The molecule has 0 unspecified atom stereocenters. The highest BCUT2D eigenvalue weighted by Gasteiger charge is 2.23. The number of rotatable bonds is 4. The molecular weight excluding hydrogens is 544 g/mol. The molecule has 0 aliphatic heterocycles. The lowest BCUT2D eigenvalue weighted by molar-refractivity contribution is 1.11. The van der Waals surface area contributed by atoms with Gasteiger partial charge in [-0.25, -0.2) is 0 Å². The van der Waals surface area contributed by atoms with E-state index in [9.17, 15) is 0 Å². The van der Waals surface area contributed by atoms with Crippen LogP contribution in [0.15, 0.2) is 134 Å². The van der Waals surface area contributed by atoms with Crippen molar-refractivity contribution in [3.05, 3.63) is 134 Å². The van der Waals surface area contributed by atoms with E-state index in [-0.39, 0.29) is 0 Å². The summed E-state index contributed by atoms with van der Waals surface area (Å²) in [7, 11) is 0. The molecule has 0 amide bonds. The Morgan fingerprint density at radius 1 is 0.364 bits per heavy atom. The van der Waals surface area contributed by atoms with Crippen molar-refractivity contribution in [3.63, 3.8) is 0 Å². The minimum Gasteiger partial charge on any atom is -0.306 e. The van der Waals surface area contributed by atoms with Crippen molar-refractivity contribution < 1.29 is 0 Å². The van der Waals surface area contributed by atoms with Crippen molar-refractivity contribution in [2.45, 2.75) is 0 Å². The zero-order chi connectivity index (χ0) is 29.0. The first-order valence-corrected chi connectivity index (χ1v) is 14.3. The van der Waals surface area contributed by atoms with Gasteiger partial charge >= 0.3 is 0 Å². The van der Waals surface area contributed by atoms with Gasteiger partial charge in [-0.15, -0.1) is 0 Å². The van der Waals surface area contributed by atoms with Crippen LogP contribution in [0.2, 0.25) is 0 Å². The minimum atomic E-state index is 0.810. The molecule has 44 heavy (non-hydrogen) atoms. The predicted molar refractivity (Wildman–Crippen MR) is 173 cm³/mol. The van der Waals surface area contributed by atoms with Crippen LogP contribution in [0.1, 0.15) is 0 Å². The lowest BCUT2D eigenvalue weighted by Gasteiger charge is -2.12. The summed E-state index contributed by atoms with van der Waals surface area (Å²) in [6.07, 6.45) is 11.2. The second kappa shape index (κ2) is 9.64. The zero-order valence-electron chi connectivity index (χ0n) is 23.3. The number of fused-ring (bicyclic) bond motifs is 7. The maximum absolute atomic E-state index is 5.01. The Morgan fingerprint density at radius 2 is 0.955 bits per heavy atom. The first-order valence-electron chi connectivity index (χ1n) is 14.3. The molecule has 0 radical (unpaired) electrons. The molecule has 9 rings (SSSR count). The van der Waals surface area contributed by atoms with E-state index in [1.165, 1.54) is 0 Å². The van der Waals surface area contributed by atoms with Gasteiger partial charge in [0.1, 0.15) is 11.0 Å². The quantitative estimate of drug-likeness (QED) is 0.218. The Hall–Kier alpha value is -6.28. The van der Waals surface area contributed by atoms with Crippen molar-refractivity contribution in [1.82, 2.24) is 39.0 Å². The smallest absolute Gasteiger partial charge is 0.117 e. The molecule has 8 nitrogen and oxygen atoms in total. The average Bonchev–Trinajstić information content (AvgIpc) is 3.62. The SMILES string of the molecule is c1ccc(-c2ccc(-n3c4ccccc4c4cnc5c6ncccc6n(-c6ccc(-c7ccccn7)nc6)c5c43)cn2)nc1. The average molecular weight is 567 g/mol. The molecular formula is C36H22N8. The standard InChI is InChI=1S/C36H22N8/c1-2-11-31-25(8-1)26-22-42-34-33-32(12-7-19-39-33)44(24-14-16-30(41-21-24)28-10-4-6-18-38-28)36(34)35(26)43(31)23-13-15-29(40-20-23)27-9-3-5-17-37-27/h1-22H. The van der Waals surface area contributed by atoms with Gasteiger partial charge in [-0.05, 0) is 66.7 Å². The van der Waals surface area contributed by atoms with Gasteiger partial charge in [-0.2, -0.15) is 0 Å². The molecule has 0 aliphatic carbocycles. The summed E-state index contributed by atoms with van der Waals surface area (Å²) >= 11 is 0. The summed E-state index contributed by atoms with van der Waals surface area (Å²) in [5.41, 5.74) is 10.8. The molecule has 0 aliphatic rings. The van der Waals surface area contributed by atoms with Crippen LogP contribution < -0.4 is 0 Å². The predicted octanol–water partition coefficient (Wildman–Crippen LogP) is 7.58. The molecule has 8 heterocycles. The summed E-state index contributed by atoms with van der Waals surface area (Å²) in [6.45, 7) is 0. The van der Waals surface area contributed by atoms with Gasteiger partial charge in [-0.3, -0.25) is 29.9 Å². The number of pyridine rings is 6. The molecule has 0 fully saturated rings. The summed E-state index contributed by atoms with van der Waals surface area (Å²) in [4.78, 5) is 28.4. The number of benzene rings is 1. The van der Waals surface area contributed by atoms with Gasteiger partial charge < -0.3 is 9.13 Å². The molecule has 8 heteroatoms. The van der Waals surface area contributed by atoms with E-state index in [4.69, 9.17) is 19.9 Å². The van der Waals surface area contributed by atoms with Crippen LogP contribution >= 0.6 is 0 Å². The van der Waals surface area contributed by atoms with Gasteiger partial charge in [0.05, 0.1) is 68.6 Å². The largest absolute Gasteiger partial charge is 0.306 e. The molecule has 0 N–H and O–H groups in total. The third kappa shape index (κ3) is 3.64. The maximum Gasteiger partial charge on any atom is 0.117 e. The van der Waals surface area contributed by atoms with E-state index >= 15 is 0 Å². The number of hydrogen-bond acceptors (Lipinski definition) is 6. The summed E-state index contributed by atoms with van der Waals surface area (Å²) in [6, 6.07) is 32.4.